The van der Waals surface area contributed by atoms with Crippen molar-refractivity contribution in [1.29, 1.82) is 0 Å². The SMILES string of the molecule is COc1ncc(-c2ccnc(N3CCn4c(cc5c4CC(C)(C)C5)C3=O)c2C(C)O)cc1Nc1ccc(N2CCN(C3CCN(c4ccc5c(c4)C(=O)N(C4CCC(=O)N(COP(=O)(O)O)C4=O)C5=O)CC3)C[C@@H]2C)cn1. The summed E-state index contributed by atoms with van der Waals surface area (Å²) in [6, 6.07) is 14.0. The van der Waals surface area contributed by atoms with Crippen molar-refractivity contribution in [2.45, 2.75) is 97.0 Å². The van der Waals surface area contributed by atoms with Gasteiger partial charge in [0.2, 0.25) is 11.8 Å². The molecule has 4 N–H and O–H groups in total. The number of hydrogen-bond acceptors (Lipinski definition) is 16. The third-order valence-corrected chi connectivity index (χ3v) is 16.5. The van der Waals surface area contributed by atoms with E-state index in [-0.39, 0.29) is 41.3 Å². The molecular formula is C54H62N11O11P. The fourth-order valence-corrected chi connectivity index (χ4v) is 12.6. The van der Waals surface area contributed by atoms with E-state index in [9.17, 15) is 33.6 Å². The Labute approximate surface area is 444 Å². The van der Waals surface area contributed by atoms with Crippen LogP contribution in [0.25, 0.3) is 11.1 Å². The highest BCUT2D eigenvalue weighted by Crippen LogP contribution is 2.43. The van der Waals surface area contributed by atoms with E-state index in [2.05, 4.69) is 59.8 Å². The number of amides is 5. The number of aromatic nitrogens is 4. The Morgan fingerprint density at radius 2 is 1.60 bits per heavy atom. The normalized spacial score (nSPS) is 21.5. The molecule has 5 amide bonds. The second kappa shape index (κ2) is 20.1. The molecule has 1 aromatic carbocycles. The van der Waals surface area contributed by atoms with Gasteiger partial charge in [0.15, 0.2) is 0 Å². The number of anilines is 5. The summed E-state index contributed by atoms with van der Waals surface area (Å²) < 4.78 is 23.5. The Bertz CT molecular complexity index is 3260. The maximum absolute atomic E-state index is 14.1. The number of aliphatic hydroxyl groups excluding tert-OH is 1. The van der Waals surface area contributed by atoms with E-state index in [1.807, 2.05) is 36.5 Å². The van der Waals surface area contributed by atoms with Crippen molar-refractivity contribution in [1.82, 2.24) is 34.2 Å². The summed E-state index contributed by atoms with van der Waals surface area (Å²) in [6.07, 6.45) is 7.58. The Balaban J connectivity index is 0.708. The third-order valence-electron chi connectivity index (χ3n) is 16.0. The Morgan fingerprint density at radius 3 is 2.31 bits per heavy atom. The van der Waals surface area contributed by atoms with Crippen molar-refractivity contribution in [2.24, 2.45) is 5.41 Å². The summed E-state index contributed by atoms with van der Waals surface area (Å²) in [5.74, 6) is -1.76. The van der Waals surface area contributed by atoms with Crippen LogP contribution in [0, 0.1) is 5.41 Å². The lowest BCUT2D eigenvalue weighted by atomic mass is 9.90. The third kappa shape index (κ3) is 9.75. The van der Waals surface area contributed by atoms with Crippen LogP contribution in [0.4, 0.5) is 28.7 Å². The lowest BCUT2D eigenvalue weighted by Crippen LogP contribution is -2.57. The predicted octanol–water partition coefficient (Wildman–Crippen LogP) is 5.29. The highest BCUT2D eigenvalue weighted by Gasteiger charge is 2.48. The molecule has 9 heterocycles. The van der Waals surface area contributed by atoms with Crippen LogP contribution in [0.5, 0.6) is 5.88 Å². The molecule has 404 valence electrons. The molecular weight excluding hydrogens is 1010 g/mol. The average Bonchev–Trinajstić information content (AvgIpc) is 4.01. The molecule has 0 radical (unpaired) electrons. The molecule has 77 heavy (non-hydrogen) atoms. The van der Waals surface area contributed by atoms with Crippen molar-refractivity contribution in [3.05, 3.63) is 101 Å². The summed E-state index contributed by atoms with van der Waals surface area (Å²) in [5, 5.41) is 14.7. The van der Waals surface area contributed by atoms with Crippen LogP contribution in [0.1, 0.15) is 108 Å². The largest absolute Gasteiger partial charge is 0.480 e. The smallest absolute Gasteiger partial charge is 0.471 e. The maximum atomic E-state index is 14.1. The van der Waals surface area contributed by atoms with Gasteiger partial charge in [0, 0.05) is 99.2 Å². The van der Waals surface area contributed by atoms with E-state index in [4.69, 9.17) is 19.5 Å². The number of imide groups is 2. The number of rotatable bonds is 13. The van der Waals surface area contributed by atoms with Crippen LogP contribution in [0.15, 0.2) is 67.1 Å². The fourth-order valence-electron chi connectivity index (χ4n) is 12.3. The highest BCUT2D eigenvalue weighted by atomic mass is 31.2. The molecule has 4 aromatic heterocycles. The van der Waals surface area contributed by atoms with Gasteiger partial charge in [0.25, 0.3) is 23.6 Å². The molecule has 3 atom stereocenters. The highest BCUT2D eigenvalue weighted by molar-refractivity contribution is 7.46. The number of aliphatic hydroxyl groups is 1. The quantitative estimate of drug-likeness (QED) is 0.0863. The summed E-state index contributed by atoms with van der Waals surface area (Å²) >= 11 is 0. The van der Waals surface area contributed by atoms with Gasteiger partial charge in [0.1, 0.15) is 35.8 Å². The van der Waals surface area contributed by atoms with E-state index in [1.165, 1.54) is 11.3 Å². The molecule has 0 spiro atoms. The van der Waals surface area contributed by atoms with Crippen LogP contribution >= 0.6 is 7.82 Å². The number of methoxy groups -OCH3 is 1. The number of carbonyl (C=O) groups excluding carboxylic acids is 5. The number of nitrogens with zero attached hydrogens (tertiary/aromatic N) is 10. The molecule has 5 aliphatic heterocycles. The Kier molecular flexibility index (Phi) is 13.5. The second-order valence-corrected chi connectivity index (χ2v) is 22.9. The predicted molar refractivity (Wildman–Crippen MR) is 283 cm³/mol. The number of piperazine rings is 1. The fraction of sp³-hybridized carbons (Fsp3) is 0.444. The van der Waals surface area contributed by atoms with Crippen LogP contribution in [0.2, 0.25) is 0 Å². The van der Waals surface area contributed by atoms with Crippen LogP contribution < -0.4 is 24.8 Å². The van der Waals surface area contributed by atoms with Crippen molar-refractivity contribution in [3.8, 4) is 17.0 Å². The van der Waals surface area contributed by atoms with Gasteiger partial charge < -0.3 is 39.3 Å². The first kappa shape index (κ1) is 52.0. The number of carbonyl (C=O) groups is 5. The number of fused-ring (bicyclic) bond motifs is 4. The topological polar surface area (TPSA) is 257 Å². The molecule has 2 unspecified atom stereocenters. The second-order valence-electron chi connectivity index (χ2n) is 21.6. The van der Waals surface area contributed by atoms with Gasteiger partial charge in [-0.15, -0.1) is 0 Å². The molecule has 11 rings (SSSR count). The summed E-state index contributed by atoms with van der Waals surface area (Å²) in [4.78, 5) is 110. The minimum Gasteiger partial charge on any atom is -0.480 e. The number of nitrogens with one attached hydrogen (secondary N) is 1. The number of ether oxygens (including phenoxy) is 1. The minimum atomic E-state index is -5.01. The van der Waals surface area contributed by atoms with Crippen molar-refractivity contribution in [3.63, 3.8) is 0 Å². The maximum Gasteiger partial charge on any atom is 0.471 e. The monoisotopic (exact) mass is 1070 g/mol. The van der Waals surface area contributed by atoms with Crippen LogP contribution in [-0.2, 0) is 38.1 Å². The van der Waals surface area contributed by atoms with Crippen molar-refractivity contribution >= 4 is 66.1 Å². The Hall–Kier alpha value is -7.07. The van der Waals surface area contributed by atoms with Gasteiger partial charge in [-0.3, -0.25) is 48.1 Å². The molecule has 3 fully saturated rings. The van der Waals surface area contributed by atoms with Gasteiger partial charge >= 0.3 is 7.82 Å². The lowest BCUT2D eigenvalue weighted by Gasteiger charge is -2.46. The average molecular weight is 1070 g/mol. The molecule has 23 heteroatoms. The zero-order chi connectivity index (χ0) is 54.2. The standard InChI is InChI=1S/C54H62N11O11P/c1-31-29-60(35-13-16-59(17-14-35)36-6-8-39-40(24-36)51(69)65(50(39)68)42-9-11-46(67)64(52(42)70)30-76-77(72,73)74)18-19-61(31)37-7-10-45(56-28-37)58-41-22-34(27-57-49(41)75-5)38-12-15-55-48(47(38)32(2)66)63-21-20-62-43(53(63)71)23-33-25-54(3,4)26-44(33)62/h6-8,10,12,15,22-24,27-28,31-32,35,42,66H,9,11,13-14,16-21,25-26,29-30H2,1-5H3,(H,56,58)(H2,72,73,74)/t31-,32?,42?/m0/s1. The molecule has 6 aliphatic rings. The number of hydrogen-bond donors (Lipinski definition) is 4. The molecule has 1 aliphatic carbocycles. The van der Waals surface area contributed by atoms with E-state index < -0.39 is 50.3 Å². The van der Waals surface area contributed by atoms with Crippen molar-refractivity contribution < 1.29 is 52.7 Å². The molecule has 0 bridgehead atoms. The number of pyridine rings is 3. The van der Waals surface area contributed by atoms with Gasteiger partial charge in [-0.2, -0.15) is 0 Å². The van der Waals surface area contributed by atoms with E-state index in [0.717, 1.165) is 74.7 Å². The first-order valence-electron chi connectivity index (χ1n) is 26.1. The lowest BCUT2D eigenvalue weighted by molar-refractivity contribution is -0.155. The van der Waals surface area contributed by atoms with Gasteiger partial charge in [-0.25, -0.2) is 19.5 Å². The van der Waals surface area contributed by atoms with Gasteiger partial charge in [-0.1, -0.05) is 13.8 Å². The summed E-state index contributed by atoms with van der Waals surface area (Å²) in [6.45, 7) is 12.5. The number of phosphoric ester groups is 1. The first-order chi connectivity index (χ1) is 36.8. The first-order valence-corrected chi connectivity index (χ1v) is 27.6. The molecule has 0 saturated carbocycles. The summed E-state index contributed by atoms with van der Waals surface area (Å²) in [5.41, 5.74) is 7.87. The Morgan fingerprint density at radius 1 is 0.831 bits per heavy atom. The zero-order valence-corrected chi connectivity index (χ0v) is 44.5. The van der Waals surface area contributed by atoms with Crippen LogP contribution in [-0.4, -0.2) is 150 Å². The molecule has 22 nitrogen and oxygen atoms in total. The number of piperidine rings is 2. The van der Waals surface area contributed by atoms with E-state index in [0.29, 0.717) is 69.6 Å². The molecule has 5 aromatic rings. The minimum absolute atomic E-state index is 0.111. The van der Waals surface area contributed by atoms with Gasteiger partial charge in [-0.05, 0) is 111 Å². The van der Waals surface area contributed by atoms with Crippen LogP contribution in [0.3, 0.4) is 0 Å². The number of phosphoric acid groups is 1. The number of benzene rings is 1. The van der Waals surface area contributed by atoms with Gasteiger partial charge in [0.05, 0.1) is 36.2 Å². The molecule has 3 saturated heterocycles. The summed E-state index contributed by atoms with van der Waals surface area (Å²) in [7, 11) is -3.45. The van der Waals surface area contributed by atoms with E-state index >= 15 is 0 Å². The van der Waals surface area contributed by atoms with Crippen molar-refractivity contribution in [2.75, 3.05) is 73.1 Å². The van der Waals surface area contributed by atoms with E-state index in [1.54, 1.807) is 49.5 Å². The zero-order valence-electron chi connectivity index (χ0n) is 43.6. The number of likely N-dealkylation sites (tertiary alicyclic amines) is 1.